The summed E-state index contributed by atoms with van der Waals surface area (Å²) in [5.41, 5.74) is 1.43. The highest BCUT2D eigenvalue weighted by Gasteiger charge is 2.34. The summed E-state index contributed by atoms with van der Waals surface area (Å²) in [6.45, 7) is 0. The zero-order valence-electron chi connectivity index (χ0n) is 17.0. The Kier molecular flexibility index (Phi) is 13.5. The molecule has 4 fully saturated rings. The Hall–Kier alpha value is 2.80. The van der Waals surface area contributed by atoms with Crippen molar-refractivity contribution in [2.75, 3.05) is 46.0 Å². The topological polar surface area (TPSA) is 0 Å². The molecule has 2 spiro atoms. The molecule has 0 radical (unpaired) electrons. The van der Waals surface area contributed by atoms with Crippen molar-refractivity contribution >= 4 is 86.4 Å². The molecule has 2 heterocycles. The van der Waals surface area contributed by atoms with Crippen molar-refractivity contribution in [2.45, 2.75) is 64.2 Å². The van der Waals surface area contributed by atoms with E-state index in [1.807, 2.05) is 0 Å². The lowest BCUT2D eigenvalue weighted by atomic mass is 9.91. The van der Waals surface area contributed by atoms with Crippen molar-refractivity contribution in [1.82, 2.24) is 0 Å². The molecular weight excluding hydrogens is 497 g/mol. The van der Waals surface area contributed by atoms with Gasteiger partial charge >= 0.3 is 0 Å². The minimum absolute atomic E-state index is 0.715. The Morgan fingerprint density at radius 3 is 0.893 bits per heavy atom. The van der Waals surface area contributed by atoms with Gasteiger partial charge in [0.05, 0.1) is 0 Å². The summed E-state index contributed by atoms with van der Waals surface area (Å²) in [6, 6.07) is 0. The summed E-state index contributed by atoms with van der Waals surface area (Å²) < 4.78 is 0. The Bertz CT molecular complexity index is 345. The fourth-order valence-electron chi connectivity index (χ4n) is 4.17. The largest absolute Gasteiger partial charge is 0.0941 e. The first-order valence-electron chi connectivity index (χ1n) is 10.8. The van der Waals surface area contributed by atoms with Gasteiger partial charge in [0.1, 0.15) is 0 Å². The SMILES string of the molecule is C1CSSCC2(CCCC2)CSSC1.C1CSSCC2(CCCC2)CSSC1. The third-order valence-corrected chi connectivity index (χ3v) is 16.9. The highest BCUT2D eigenvalue weighted by molar-refractivity contribution is 8.78. The highest BCUT2D eigenvalue weighted by atomic mass is 33.1. The van der Waals surface area contributed by atoms with Crippen LogP contribution < -0.4 is 0 Å². The van der Waals surface area contributed by atoms with Crippen LogP contribution in [0.4, 0.5) is 0 Å². The van der Waals surface area contributed by atoms with Gasteiger partial charge in [-0.15, -0.1) is 0 Å². The maximum Gasteiger partial charge on any atom is 0.0102 e. The van der Waals surface area contributed by atoms with Gasteiger partial charge in [-0.2, -0.15) is 0 Å². The van der Waals surface area contributed by atoms with E-state index in [9.17, 15) is 0 Å². The minimum atomic E-state index is 0.715. The molecule has 0 atom stereocenters. The molecule has 4 aliphatic rings. The van der Waals surface area contributed by atoms with Gasteiger partial charge in [0, 0.05) is 46.0 Å². The maximum atomic E-state index is 2.14. The molecular formula is C20H36S8. The van der Waals surface area contributed by atoms with Crippen LogP contribution in [0.2, 0.25) is 0 Å². The fourth-order valence-corrected chi connectivity index (χ4v) is 16.0. The molecule has 2 aliphatic heterocycles. The molecule has 8 heteroatoms. The molecule has 164 valence electrons. The van der Waals surface area contributed by atoms with Crippen molar-refractivity contribution in [3.05, 3.63) is 0 Å². The summed E-state index contributed by atoms with van der Waals surface area (Å²) in [6.07, 6.45) is 14.7. The second-order valence-electron chi connectivity index (χ2n) is 8.46. The van der Waals surface area contributed by atoms with Crippen LogP contribution in [0.3, 0.4) is 0 Å². The predicted octanol–water partition coefficient (Wildman–Crippen LogP) is 9.43. The molecule has 0 aromatic carbocycles. The van der Waals surface area contributed by atoms with Crippen molar-refractivity contribution in [2.24, 2.45) is 10.8 Å². The average molecular weight is 533 g/mol. The van der Waals surface area contributed by atoms with Crippen LogP contribution >= 0.6 is 86.4 Å². The lowest BCUT2D eigenvalue weighted by Crippen LogP contribution is -2.22. The molecule has 4 rings (SSSR count). The van der Waals surface area contributed by atoms with Gasteiger partial charge in [0.25, 0.3) is 0 Å². The van der Waals surface area contributed by atoms with E-state index in [2.05, 4.69) is 86.4 Å². The molecule has 2 aliphatic carbocycles. The van der Waals surface area contributed by atoms with Crippen molar-refractivity contribution in [3.8, 4) is 0 Å². The second-order valence-corrected chi connectivity index (χ2v) is 18.8. The zero-order valence-corrected chi connectivity index (χ0v) is 23.5. The van der Waals surface area contributed by atoms with Gasteiger partial charge in [-0.3, -0.25) is 0 Å². The second kappa shape index (κ2) is 14.8. The average Bonchev–Trinajstić information content (AvgIpc) is 3.38. The van der Waals surface area contributed by atoms with E-state index in [0.29, 0.717) is 10.8 Å². The summed E-state index contributed by atoms with van der Waals surface area (Å²) in [4.78, 5) is 0. The van der Waals surface area contributed by atoms with E-state index in [-0.39, 0.29) is 0 Å². The van der Waals surface area contributed by atoms with Crippen molar-refractivity contribution in [3.63, 3.8) is 0 Å². The molecule has 28 heavy (non-hydrogen) atoms. The Morgan fingerprint density at radius 1 is 0.321 bits per heavy atom. The van der Waals surface area contributed by atoms with Gasteiger partial charge < -0.3 is 0 Å². The van der Waals surface area contributed by atoms with Gasteiger partial charge in [-0.25, -0.2) is 0 Å². The van der Waals surface area contributed by atoms with Gasteiger partial charge in [0.15, 0.2) is 0 Å². The lowest BCUT2D eigenvalue weighted by Gasteiger charge is -2.28. The molecule has 0 bridgehead atoms. The predicted molar refractivity (Wildman–Crippen MR) is 151 cm³/mol. The zero-order chi connectivity index (χ0) is 19.4. The van der Waals surface area contributed by atoms with Crippen LogP contribution in [0.25, 0.3) is 0 Å². The molecule has 2 saturated carbocycles. The van der Waals surface area contributed by atoms with E-state index in [1.165, 1.54) is 110 Å². The van der Waals surface area contributed by atoms with Crippen molar-refractivity contribution in [1.29, 1.82) is 0 Å². The van der Waals surface area contributed by atoms with Crippen LogP contribution in [-0.4, -0.2) is 46.0 Å². The first kappa shape index (κ1) is 25.4. The standard InChI is InChI=1S/2C10H18S4/c2*1-2-5-10(4-1)8-13-11-6-3-7-12-14-9-10/h2*1-9H2. The minimum Gasteiger partial charge on any atom is -0.0941 e. The molecule has 0 nitrogen and oxygen atoms in total. The first-order valence-corrected chi connectivity index (χ1v) is 20.8. The van der Waals surface area contributed by atoms with Gasteiger partial charge in [-0.05, 0) is 49.4 Å². The summed E-state index contributed by atoms with van der Waals surface area (Å²) >= 11 is 0. The summed E-state index contributed by atoms with van der Waals surface area (Å²) in [5, 5.41) is 0. The quantitative estimate of drug-likeness (QED) is 0.279. The third-order valence-electron chi connectivity index (χ3n) is 6.03. The highest BCUT2D eigenvalue weighted by Crippen LogP contribution is 2.49. The van der Waals surface area contributed by atoms with E-state index < -0.39 is 0 Å². The van der Waals surface area contributed by atoms with Crippen LogP contribution in [0.15, 0.2) is 0 Å². The van der Waals surface area contributed by atoms with E-state index >= 15 is 0 Å². The Labute approximate surface area is 205 Å². The van der Waals surface area contributed by atoms with Crippen LogP contribution in [0.5, 0.6) is 0 Å². The van der Waals surface area contributed by atoms with E-state index in [0.717, 1.165) is 0 Å². The van der Waals surface area contributed by atoms with Crippen LogP contribution in [-0.2, 0) is 0 Å². The van der Waals surface area contributed by atoms with E-state index in [4.69, 9.17) is 0 Å². The molecule has 0 amide bonds. The van der Waals surface area contributed by atoms with Gasteiger partial charge in [-0.1, -0.05) is 112 Å². The van der Waals surface area contributed by atoms with Crippen LogP contribution in [0.1, 0.15) is 64.2 Å². The first-order chi connectivity index (χ1) is 13.8. The molecule has 0 N–H and O–H groups in total. The number of rotatable bonds is 0. The summed E-state index contributed by atoms with van der Waals surface area (Å²) in [5.74, 6) is 11.1. The molecule has 0 aromatic rings. The molecule has 2 saturated heterocycles. The van der Waals surface area contributed by atoms with Gasteiger partial charge in [0.2, 0.25) is 0 Å². The Morgan fingerprint density at radius 2 is 0.607 bits per heavy atom. The maximum absolute atomic E-state index is 2.14. The smallest absolute Gasteiger partial charge is 0.0102 e. The monoisotopic (exact) mass is 532 g/mol. The molecule has 0 unspecified atom stereocenters. The third kappa shape index (κ3) is 9.35. The Balaban J connectivity index is 0.000000161. The van der Waals surface area contributed by atoms with Crippen molar-refractivity contribution < 1.29 is 0 Å². The summed E-state index contributed by atoms with van der Waals surface area (Å²) in [7, 11) is 17.0. The fraction of sp³-hybridized carbons (Fsp3) is 1.00. The number of hydrogen-bond acceptors (Lipinski definition) is 8. The van der Waals surface area contributed by atoms with E-state index in [1.54, 1.807) is 0 Å². The van der Waals surface area contributed by atoms with Crippen LogP contribution in [0, 0.1) is 10.8 Å². The lowest BCUT2D eigenvalue weighted by molar-refractivity contribution is 0.404. The molecule has 0 aromatic heterocycles. The number of hydrogen-bond donors (Lipinski definition) is 0. The normalized spacial score (nSPS) is 29.1.